The van der Waals surface area contributed by atoms with E-state index in [0.29, 0.717) is 22.3 Å². The number of benzene rings is 1. The van der Waals surface area contributed by atoms with Crippen molar-refractivity contribution in [3.63, 3.8) is 0 Å². The Kier molecular flexibility index (Phi) is 6.54. The summed E-state index contributed by atoms with van der Waals surface area (Å²) in [6.07, 6.45) is 3.08. The number of aromatic nitrogens is 5. The van der Waals surface area contributed by atoms with Gasteiger partial charge >= 0.3 is 6.18 Å². The topological polar surface area (TPSA) is 147 Å². The summed E-state index contributed by atoms with van der Waals surface area (Å²) < 4.78 is 40.7. The summed E-state index contributed by atoms with van der Waals surface area (Å²) in [7, 11) is 0. The van der Waals surface area contributed by atoms with Crippen LogP contribution in [0.25, 0.3) is 22.3 Å². The fourth-order valence-corrected chi connectivity index (χ4v) is 4.65. The molecule has 194 valence electrons. The number of nitrogens with two attached hydrogens (primary N) is 1. The molecule has 1 amide bonds. The van der Waals surface area contributed by atoms with Crippen molar-refractivity contribution in [1.82, 2.24) is 30.0 Å². The number of fused-ring (bicyclic) bond motifs is 1. The Morgan fingerprint density at radius 1 is 1.08 bits per heavy atom. The van der Waals surface area contributed by atoms with Crippen LogP contribution < -0.4 is 16.4 Å². The quantitative estimate of drug-likeness (QED) is 0.260. The Morgan fingerprint density at radius 3 is 2.50 bits per heavy atom. The second kappa shape index (κ2) is 9.97. The van der Waals surface area contributed by atoms with E-state index >= 15 is 0 Å². The molecule has 1 saturated carbocycles. The number of nitrogen functional groups attached to an aromatic ring is 1. The van der Waals surface area contributed by atoms with Gasteiger partial charge in [0.25, 0.3) is 5.91 Å². The molecule has 0 spiro atoms. The zero-order valence-corrected chi connectivity index (χ0v) is 19.9. The zero-order chi connectivity index (χ0) is 26.9. The van der Waals surface area contributed by atoms with Crippen LogP contribution in [0.4, 0.5) is 24.8 Å². The van der Waals surface area contributed by atoms with Crippen LogP contribution in [-0.2, 0) is 6.18 Å². The summed E-state index contributed by atoms with van der Waals surface area (Å²) in [4.78, 5) is 25.0. The lowest BCUT2D eigenvalue weighted by Gasteiger charge is -2.27. The zero-order valence-electron chi connectivity index (χ0n) is 19.9. The number of nitriles is 1. The first-order chi connectivity index (χ1) is 18.2. The molecule has 5 rings (SSSR count). The third-order valence-corrected chi connectivity index (χ3v) is 6.58. The van der Waals surface area contributed by atoms with Gasteiger partial charge in [-0.15, -0.1) is 0 Å². The standard InChI is InChI=1S/C25H22F3N9O/c26-25(27,28)16-9-10-31-19(11-16)35-24(38)15-3-1-14(2-4-15)21-20-22(30)33-13-34-23(20)37(36-21)18-7-5-17(6-8-18)32-12-29/h1-4,9-11,13,17-18,32H,5-8H2,(H2,30,33,34)(H,31,35,38). The molecule has 1 aliphatic rings. The lowest BCUT2D eigenvalue weighted by Crippen LogP contribution is -2.31. The van der Waals surface area contributed by atoms with Crippen molar-refractivity contribution >= 4 is 28.6 Å². The maximum Gasteiger partial charge on any atom is 0.416 e. The van der Waals surface area contributed by atoms with Crippen LogP contribution >= 0.6 is 0 Å². The van der Waals surface area contributed by atoms with Crippen LogP contribution in [-0.4, -0.2) is 36.7 Å². The number of alkyl halides is 3. The van der Waals surface area contributed by atoms with Gasteiger partial charge in [-0.25, -0.2) is 19.6 Å². The van der Waals surface area contributed by atoms with Crippen LogP contribution in [0.1, 0.15) is 47.6 Å². The molecule has 4 aromatic rings. The van der Waals surface area contributed by atoms with Gasteiger partial charge in [0.15, 0.2) is 11.8 Å². The third kappa shape index (κ3) is 4.93. The molecule has 0 radical (unpaired) electrons. The number of carbonyl (C=O) groups is 1. The maximum atomic E-state index is 13.0. The van der Waals surface area contributed by atoms with E-state index in [1.54, 1.807) is 24.3 Å². The molecular weight excluding hydrogens is 499 g/mol. The van der Waals surface area contributed by atoms with Crippen molar-refractivity contribution < 1.29 is 18.0 Å². The van der Waals surface area contributed by atoms with Gasteiger partial charge in [-0.2, -0.15) is 23.5 Å². The predicted octanol–water partition coefficient (Wildman–Crippen LogP) is 4.30. The number of nitrogens with one attached hydrogen (secondary N) is 2. The number of rotatable bonds is 5. The molecule has 4 N–H and O–H groups in total. The van der Waals surface area contributed by atoms with E-state index < -0.39 is 17.6 Å². The van der Waals surface area contributed by atoms with Crippen molar-refractivity contribution in [2.75, 3.05) is 11.1 Å². The van der Waals surface area contributed by atoms with Crippen molar-refractivity contribution in [3.05, 3.63) is 60.0 Å². The summed E-state index contributed by atoms with van der Waals surface area (Å²) in [5.41, 5.74) is 7.35. The Labute approximate surface area is 214 Å². The number of halogens is 3. The molecule has 0 unspecified atom stereocenters. The fraction of sp³-hybridized carbons (Fsp3) is 0.280. The average molecular weight is 522 g/mol. The van der Waals surface area contributed by atoms with Gasteiger partial charge in [-0.1, -0.05) is 12.1 Å². The molecule has 1 fully saturated rings. The monoisotopic (exact) mass is 521 g/mol. The summed E-state index contributed by atoms with van der Waals surface area (Å²) in [5.74, 6) is -0.541. The molecule has 1 aliphatic carbocycles. The van der Waals surface area contributed by atoms with Crippen molar-refractivity contribution in [2.45, 2.75) is 43.9 Å². The highest BCUT2D eigenvalue weighted by Gasteiger charge is 2.31. The van der Waals surface area contributed by atoms with Crippen molar-refractivity contribution in [2.24, 2.45) is 0 Å². The SMILES string of the molecule is N#CNC1CCC(n2nc(-c3ccc(C(=O)Nc4cc(C(F)(F)F)ccn4)cc3)c3c(N)ncnc32)CC1. The van der Waals surface area contributed by atoms with Gasteiger partial charge in [-0.3, -0.25) is 4.79 Å². The first-order valence-electron chi connectivity index (χ1n) is 11.8. The number of nitrogens with zero attached hydrogens (tertiary/aromatic N) is 6. The number of pyridine rings is 1. The number of carbonyl (C=O) groups excluding carboxylic acids is 1. The highest BCUT2D eigenvalue weighted by atomic mass is 19.4. The van der Waals surface area contributed by atoms with Gasteiger partial charge in [0.2, 0.25) is 0 Å². The van der Waals surface area contributed by atoms with Gasteiger partial charge in [0.1, 0.15) is 23.7 Å². The Balaban J connectivity index is 1.40. The van der Waals surface area contributed by atoms with Crippen LogP contribution in [0.2, 0.25) is 0 Å². The Morgan fingerprint density at radius 2 is 1.82 bits per heavy atom. The highest BCUT2D eigenvalue weighted by molar-refractivity contribution is 6.04. The van der Waals surface area contributed by atoms with E-state index in [1.807, 2.05) is 10.9 Å². The molecule has 10 nitrogen and oxygen atoms in total. The maximum absolute atomic E-state index is 13.0. The largest absolute Gasteiger partial charge is 0.416 e. The van der Waals surface area contributed by atoms with E-state index in [9.17, 15) is 18.0 Å². The summed E-state index contributed by atoms with van der Waals surface area (Å²) >= 11 is 0. The molecule has 3 aromatic heterocycles. The molecule has 3 heterocycles. The number of hydrogen-bond acceptors (Lipinski definition) is 8. The predicted molar refractivity (Wildman–Crippen MR) is 132 cm³/mol. The van der Waals surface area contributed by atoms with Gasteiger partial charge in [0.05, 0.1) is 17.0 Å². The van der Waals surface area contributed by atoms with Gasteiger partial charge < -0.3 is 16.4 Å². The second-order valence-corrected chi connectivity index (χ2v) is 8.97. The normalized spacial score (nSPS) is 17.6. The van der Waals surface area contributed by atoms with Gasteiger partial charge in [0, 0.05) is 23.4 Å². The van der Waals surface area contributed by atoms with Crippen LogP contribution in [0, 0.1) is 11.5 Å². The summed E-state index contributed by atoms with van der Waals surface area (Å²) in [6.45, 7) is 0. The average Bonchev–Trinajstić information content (AvgIpc) is 3.30. The molecule has 1 aromatic carbocycles. The van der Waals surface area contributed by atoms with Crippen LogP contribution in [0.3, 0.4) is 0 Å². The molecule has 0 aliphatic heterocycles. The molecule has 0 saturated heterocycles. The third-order valence-electron chi connectivity index (χ3n) is 6.58. The second-order valence-electron chi connectivity index (χ2n) is 8.97. The van der Waals surface area contributed by atoms with Gasteiger partial charge in [-0.05, 0) is 49.9 Å². The minimum Gasteiger partial charge on any atom is -0.383 e. The lowest BCUT2D eigenvalue weighted by molar-refractivity contribution is -0.137. The first kappa shape index (κ1) is 24.9. The Bertz CT molecular complexity index is 1520. The molecule has 38 heavy (non-hydrogen) atoms. The number of hydrogen-bond donors (Lipinski definition) is 3. The van der Waals surface area contributed by atoms with E-state index in [0.717, 1.165) is 44.0 Å². The van der Waals surface area contributed by atoms with Crippen molar-refractivity contribution in [1.29, 1.82) is 5.26 Å². The van der Waals surface area contributed by atoms with Crippen molar-refractivity contribution in [3.8, 4) is 17.5 Å². The minimum absolute atomic E-state index is 0.0716. The number of anilines is 2. The van der Waals surface area contributed by atoms with E-state index in [4.69, 9.17) is 16.1 Å². The van der Waals surface area contributed by atoms with Crippen LogP contribution in [0.15, 0.2) is 48.9 Å². The summed E-state index contributed by atoms with van der Waals surface area (Å²) in [6, 6.07) is 8.27. The van der Waals surface area contributed by atoms with Crippen LogP contribution in [0.5, 0.6) is 0 Å². The molecule has 0 atom stereocenters. The van der Waals surface area contributed by atoms with E-state index in [2.05, 4.69) is 25.6 Å². The molecule has 13 heteroatoms. The Hall–Kier alpha value is -4.73. The minimum atomic E-state index is -4.55. The first-order valence-corrected chi connectivity index (χ1v) is 11.8. The lowest BCUT2D eigenvalue weighted by atomic mass is 9.91. The highest BCUT2D eigenvalue weighted by Crippen LogP contribution is 2.36. The smallest absolute Gasteiger partial charge is 0.383 e. The summed E-state index contributed by atoms with van der Waals surface area (Å²) in [5, 5.41) is 19.5. The molecular formula is C25H22F3N9O. The molecule has 0 bridgehead atoms. The number of amides is 1. The van der Waals surface area contributed by atoms with E-state index in [1.165, 1.54) is 6.33 Å². The fourth-order valence-electron chi connectivity index (χ4n) is 4.65. The van der Waals surface area contributed by atoms with E-state index in [-0.39, 0.29) is 29.3 Å².